The summed E-state index contributed by atoms with van der Waals surface area (Å²) in [6.45, 7) is 2.01. The summed E-state index contributed by atoms with van der Waals surface area (Å²) in [6.07, 6.45) is 6.66. The Morgan fingerprint density at radius 1 is 1.47 bits per heavy atom. The predicted octanol–water partition coefficient (Wildman–Crippen LogP) is 1.63. The van der Waals surface area contributed by atoms with Gasteiger partial charge >= 0.3 is 0 Å². The van der Waals surface area contributed by atoms with Crippen molar-refractivity contribution in [2.24, 2.45) is 5.92 Å². The van der Waals surface area contributed by atoms with Crippen LogP contribution in [0.4, 0.5) is 0 Å². The van der Waals surface area contributed by atoms with E-state index in [1.54, 1.807) is 0 Å². The highest BCUT2D eigenvalue weighted by Gasteiger charge is 2.20. The summed E-state index contributed by atoms with van der Waals surface area (Å²) < 4.78 is 2.12. The standard InChI is InChI=1S/C12H15N5/c13-5-1-10-3-7-16(8-4-10)17-9-15-12-11(17)2-6-14-12/h2,6,9-10,14H,1,3-4,7-8H2. The van der Waals surface area contributed by atoms with Gasteiger partial charge in [0.1, 0.15) is 11.8 Å². The van der Waals surface area contributed by atoms with E-state index in [9.17, 15) is 0 Å². The zero-order valence-corrected chi connectivity index (χ0v) is 9.63. The van der Waals surface area contributed by atoms with Crippen molar-refractivity contribution in [3.8, 4) is 6.07 Å². The molecule has 88 valence electrons. The molecule has 1 aliphatic heterocycles. The second-order valence-electron chi connectivity index (χ2n) is 4.56. The lowest BCUT2D eigenvalue weighted by Gasteiger charge is -2.33. The van der Waals surface area contributed by atoms with Gasteiger partial charge in [-0.2, -0.15) is 5.26 Å². The number of aromatic nitrogens is 3. The van der Waals surface area contributed by atoms with E-state index in [1.807, 2.05) is 18.6 Å². The summed E-state index contributed by atoms with van der Waals surface area (Å²) in [7, 11) is 0. The summed E-state index contributed by atoms with van der Waals surface area (Å²) in [4.78, 5) is 7.43. The number of hydrogen-bond donors (Lipinski definition) is 1. The first-order valence-corrected chi connectivity index (χ1v) is 6.01. The fourth-order valence-corrected chi connectivity index (χ4v) is 2.51. The molecule has 0 amide bonds. The Morgan fingerprint density at radius 3 is 3.06 bits per heavy atom. The predicted molar refractivity (Wildman–Crippen MR) is 65.0 cm³/mol. The number of piperidine rings is 1. The van der Waals surface area contributed by atoms with Crippen LogP contribution in [0, 0.1) is 17.2 Å². The number of aromatic amines is 1. The van der Waals surface area contributed by atoms with Gasteiger partial charge in [-0.3, -0.25) is 0 Å². The van der Waals surface area contributed by atoms with Crippen LogP contribution in [0.1, 0.15) is 19.3 Å². The van der Waals surface area contributed by atoms with E-state index in [0.717, 1.165) is 37.1 Å². The summed E-state index contributed by atoms with van der Waals surface area (Å²) >= 11 is 0. The Bertz CT molecular complexity index is 538. The first-order chi connectivity index (χ1) is 8.38. The van der Waals surface area contributed by atoms with Gasteiger partial charge in [0.05, 0.1) is 6.07 Å². The Labute approximate surface area is 99.6 Å². The molecule has 0 spiro atoms. The third-order valence-corrected chi connectivity index (χ3v) is 3.52. The normalized spacial score (nSPS) is 17.5. The van der Waals surface area contributed by atoms with Crippen LogP contribution in [0.25, 0.3) is 11.2 Å². The second-order valence-corrected chi connectivity index (χ2v) is 4.56. The molecular formula is C12H15N5. The summed E-state index contributed by atoms with van der Waals surface area (Å²) in [5, 5.41) is 11.0. The lowest BCUT2D eigenvalue weighted by atomic mass is 9.95. The van der Waals surface area contributed by atoms with Gasteiger partial charge in [-0.15, -0.1) is 0 Å². The molecule has 0 aliphatic carbocycles. The quantitative estimate of drug-likeness (QED) is 0.851. The molecule has 0 bridgehead atoms. The van der Waals surface area contributed by atoms with E-state index in [4.69, 9.17) is 5.26 Å². The molecule has 5 nitrogen and oxygen atoms in total. The van der Waals surface area contributed by atoms with Crippen LogP contribution in [-0.2, 0) is 0 Å². The summed E-state index contributed by atoms with van der Waals surface area (Å²) in [6, 6.07) is 4.32. The highest BCUT2D eigenvalue weighted by Crippen LogP contribution is 2.21. The molecule has 2 aromatic heterocycles. The zero-order chi connectivity index (χ0) is 11.7. The molecule has 0 saturated carbocycles. The van der Waals surface area contributed by atoms with Gasteiger partial charge in [0.15, 0.2) is 5.65 Å². The molecular weight excluding hydrogens is 214 g/mol. The molecule has 2 aromatic rings. The molecule has 1 fully saturated rings. The molecule has 1 N–H and O–H groups in total. The first kappa shape index (κ1) is 10.2. The van der Waals surface area contributed by atoms with Gasteiger partial charge in [-0.25, -0.2) is 9.66 Å². The summed E-state index contributed by atoms with van der Waals surface area (Å²) in [5.41, 5.74) is 2.06. The second kappa shape index (κ2) is 4.13. The Morgan fingerprint density at radius 2 is 2.29 bits per heavy atom. The van der Waals surface area contributed by atoms with Crippen molar-refractivity contribution in [2.75, 3.05) is 18.1 Å². The van der Waals surface area contributed by atoms with Crippen LogP contribution in [0.5, 0.6) is 0 Å². The number of H-pyrrole nitrogens is 1. The average molecular weight is 229 g/mol. The fraction of sp³-hybridized carbons (Fsp3) is 0.500. The van der Waals surface area contributed by atoms with E-state index in [1.165, 1.54) is 0 Å². The average Bonchev–Trinajstić information content (AvgIpc) is 2.93. The molecule has 0 radical (unpaired) electrons. The molecule has 1 saturated heterocycles. The van der Waals surface area contributed by atoms with Crippen molar-refractivity contribution in [1.82, 2.24) is 14.6 Å². The molecule has 3 rings (SSSR count). The number of nitrogens with zero attached hydrogens (tertiary/aromatic N) is 4. The van der Waals surface area contributed by atoms with Crippen molar-refractivity contribution in [2.45, 2.75) is 19.3 Å². The minimum atomic E-state index is 0.571. The maximum Gasteiger partial charge on any atom is 0.157 e. The van der Waals surface area contributed by atoms with Gasteiger partial charge < -0.3 is 9.99 Å². The molecule has 0 unspecified atom stereocenters. The van der Waals surface area contributed by atoms with Crippen molar-refractivity contribution in [3.63, 3.8) is 0 Å². The van der Waals surface area contributed by atoms with Crippen molar-refractivity contribution in [3.05, 3.63) is 18.6 Å². The first-order valence-electron chi connectivity index (χ1n) is 6.01. The van der Waals surface area contributed by atoms with Crippen LogP contribution in [0.2, 0.25) is 0 Å². The lowest BCUT2D eigenvalue weighted by molar-refractivity contribution is 0.371. The van der Waals surface area contributed by atoms with Crippen molar-refractivity contribution < 1.29 is 0 Å². The van der Waals surface area contributed by atoms with E-state index < -0.39 is 0 Å². The Hall–Kier alpha value is -1.96. The lowest BCUT2D eigenvalue weighted by Crippen LogP contribution is -2.41. The summed E-state index contributed by atoms with van der Waals surface area (Å²) in [5.74, 6) is 0.571. The third-order valence-electron chi connectivity index (χ3n) is 3.52. The van der Waals surface area contributed by atoms with Crippen LogP contribution in [0.15, 0.2) is 18.6 Å². The van der Waals surface area contributed by atoms with E-state index in [0.29, 0.717) is 12.3 Å². The number of imidazole rings is 1. The zero-order valence-electron chi connectivity index (χ0n) is 9.63. The Kier molecular flexibility index (Phi) is 2.48. The van der Waals surface area contributed by atoms with E-state index >= 15 is 0 Å². The van der Waals surface area contributed by atoms with Gasteiger partial charge in [-0.05, 0) is 24.8 Å². The van der Waals surface area contributed by atoms with Crippen molar-refractivity contribution >= 4 is 11.2 Å². The fourth-order valence-electron chi connectivity index (χ4n) is 2.51. The van der Waals surface area contributed by atoms with Gasteiger partial charge in [-0.1, -0.05) is 0 Å². The Balaban J connectivity index is 1.75. The maximum absolute atomic E-state index is 8.70. The van der Waals surface area contributed by atoms with Crippen LogP contribution >= 0.6 is 0 Å². The van der Waals surface area contributed by atoms with E-state index in [2.05, 4.69) is 25.7 Å². The van der Waals surface area contributed by atoms with Crippen LogP contribution in [-0.4, -0.2) is 27.7 Å². The molecule has 1 aliphatic rings. The molecule has 17 heavy (non-hydrogen) atoms. The topological polar surface area (TPSA) is 60.6 Å². The van der Waals surface area contributed by atoms with Crippen LogP contribution < -0.4 is 5.01 Å². The smallest absolute Gasteiger partial charge is 0.157 e. The van der Waals surface area contributed by atoms with Gasteiger partial charge in [0.25, 0.3) is 0 Å². The van der Waals surface area contributed by atoms with E-state index in [-0.39, 0.29) is 0 Å². The molecule has 3 heterocycles. The largest absolute Gasteiger partial charge is 0.345 e. The minimum Gasteiger partial charge on any atom is -0.345 e. The number of fused-ring (bicyclic) bond motifs is 1. The molecule has 0 aromatic carbocycles. The SMILES string of the molecule is N#CCC1CCN(n2cnc3[nH]ccc32)CC1. The monoisotopic (exact) mass is 229 g/mol. The highest BCUT2D eigenvalue weighted by molar-refractivity contribution is 5.71. The molecule has 0 atom stereocenters. The highest BCUT2D eigenvalue weighted by atomic mass is 15.6. The van der Waals surface area contributed by atoms with Crippen molar-refractivity contribution in [1.29, 1.82) is 5.26 Å². The number of nitriles is 1. The molecule has 5 heteroatoms. The third kappa shape index (κ3) is 1.76. The maximum atomic E-state index is 8.70. The van der Waals surface area contributed by atoms with Gasteiger partial charge in [0, 0.05) is 25.7 Å². The number of nitrogens with one attached hydrogen (secondary N) is 1. The van der Waals surface area contributed by atoms with Crippen LogP contribution in [0.3, 0.4) is 0 Å². The van der Waals surface area contributed by atoms with Gasteiger partial charge in [0.2, 0.25) is 0 Å². The minimum absolute atomic E-state index is 0.571. The number of rotatable bonds is 2. The number of hydrogen-bond acceptors (Lipinski definition) is 3.